The summed E-state index contributed by atoms with van der Waals surface area (Å²) in [6, 6.07) is 8.49. The predicted molar refractivity (Wildman–Crippen MR) is 197 cm³/mol. The van der Waals surface area contributed by atoms with E-state index in [1.807, 2.05) is 26.0 Å². The largest absolute Gasteiger partial charge is 0.376 e. The Hall–Kier alpha value is -1.06. The Labute approximate surface area is 271 Å². The molecule has 0 heterocycles. The smallest absolute Gasteiger partial charge is 0.0598 e. The zero-order valence-corrected chi connectivity index (χ0v) is 33.0. The fourth-order valence-electron chi connectivity index (χ4n) is 6.16. The minimum atomic E-state index is -2.23. The second-order valence-electron chi connectivity index (χ2n) is 18.3. The van der Waals surface area contributed by atoms with Crippen LogP contribution >= 0.6 is 0 Å². The number of allylic oxidation sites excluding steroid dienone is 1. The molecule has 1 rings (SSSR count). The number of hydrogen-bond donors (Lipinski definition) is 0. The van der Waals surface area contributed by atoms with Crippen LogP contribution in [0.25, 0.3) is 0 Å². The van der Waals surface area contributed by atoms with E-state index in [-0.39, 0.29) is 32.7 Å². The van der Waals surface area contributed by atoms with E-state index >= 15 is 0 Å². The van der Waals surface area contributed by atoms with Crippen molar-refractivity contribution in [2.24, 2.45) is 33.0 Å². The van der Waals surface area contributed by atoms with Crippen molar-refractivity contribution in [1.82, 2.24) is 0 Å². The molecule has 43 heavy (non-hydrogen) atoms. The molecule has 1 aromatic rings. The zero-order chi connectivity index (χ0) is 34.5. The molecular weight excluding hydrogens is 545 g/mol. The van der Waals surface area contributed by atoms with E-state index in [4.69, 9.17) is 11.3 Å². The summed E-state index contributed by atoms with van der Waals surface area (Å²) in [7, 11) is -2.23. The average Bonchev–Trinajstić information content (AvgIpc) is 2.79. The summed E-state index contributed by atoms with van der Waals surface area (Å²) in [4.78, 5) is 0.826. The van der Waals surface area contributed by atoms with Gasteiger partial charge in [0.1, 0.15) is 0 Å². The molecule has 0 saturated heterocycles. The van der Waals surface area contributed by atoms with Crippen molar-refractivity contribution in [2.75, 3.05) is 12.9 Å². The van der Waals surface area contributed by atoms with Gasteiger partial charge in [-0.15, -0.1) is 0 Å². The number of rotatable bonds is 13. The monoisotopic (exact) mass is 619 g/mol. The first kappa shape index (κ1) is 41.9. The summed E-state index contributed by atoms with van der Waals surface area (Å²) in [6.07, 6.45) is 5.91. The Balaban J connectivity index is 0.00000862. The molecule has 0 aliphatic carbocycles. The van der Waals surface area contributed by atoms with Crippen LogP contribution in [0.3, 0.4) is 0 Å². The average molecular weight is 619 g/mol. The van der Waals surface area contributed by atoms with Gasteiger partial charge in [0, 0.05) is 17.8 Å². The first-order valence-electron chi connectivity index (χ1n) is 16.7. The first-order valence-corrected chi connectivity index (χ1v) is 18.9. The lowest BCUT2D eigenvalue weighted by molar-refractivity contribution is -0.0162. The van der Waals surface area contributed by atoms with Crippen LogP contribution < -0.4 is 0 Å². The number of ether oxygens (including phenoxy) is 1. The fraction of sp³-hybridized carbons (Fsp3) is 0.775. The molecule has 0 radical (unpaired) electrons. The van der Waals surface area contributed by atoms with Crippen LogP contribution in [0.15, 0.2) is 41.3 Å². The van der Waals surface area contributed by atoms with Gasteiger partial charge in [0.15, 0.2) is 0 Å². The van der Waals surface area contributed by atoms with Crippen LogP contribution in [-0.4, -0.2) is 28.5 Å². The highest BCUT2D eigenvalue weighted by molar-refractivity contribution is 7.99. The lowest BCUT2D eigenvalue weighted by Crippen LogP contribution is -2.42. The summed E-state index contributed by atoms with van der Waals surface area (Å²) in [5.74, 6) is 4.65. The Kier molecular flexibility index (Phi) is 14.6. The van der Waals surface area contributed by atoms with Gasteiger partial charge in [-0.3, -0.25) is 4.21 Å². The molecule has 2 nitrogen and oxygen atoms in total. The van der Waals surface area contributed by atoms with Crippen LogP contribution in [0, 0.1) is 33.0 Å². The predicted octanol–water partition coefficient (Wildman–Crippen LogP) is 12.2. The van der Waals surface area contributed by atoms with Crippen LogP contribution in [0.4, 0.5) is 0 Å². The molecule has 1 aromatic carbocycles. The van der Waals surface area contributed by atoms with Crippen molar-refractivity contribution in [1.29, 1.82) is 0 Å². The number of hydrogen-bond acceptors (Lipinski definition) is 2. The molecule has 0 amide bonds. The van der Waals surface area contributed by atoms with Crippen molar-refractivity contribution in [2.45, 2.75) is 160 Å². The van der Waals surface area contributed by atoms with Gasteiger partial charge in [0.25, 0.3) is 0 Å². The lowest BCUT2D eigenvalue weighted by atomic mass is 9.53. The van der Waals surface area contributed by atoms with Gasteiger partial charge in [-0.25, -0.2) is 0 Å². The van der Waals surface area contributed by atoms with Crippen LogP contribution in [0.1, 0.15) is 155 Å². The molecule has 0 spiro atoms. The molecule has 0 aliphatic heterocycles. The van der Waals surface area contributed by atoms with Crippen molar-refractivity contribution >= 4 is 15.4 Å². The molecule has 3 atom stereocenters. The van der Waals surface area contributed by atoms with E-state index in [0.717, 1.165) is 37.2 Å². The topological polar surface area (TPSA) is 26.3 Å². The van der Waals surface area contributed by atoms with E-state index in [2.05, 4.69) is 122 Å². The van der Waals surface area contributed by atoms with E-state index in [9.17, 15) is 4.21 Å². The van der Waals surface area contributed by atoms with Gasteiger partial charge in [-0.05, 0) is 118 Å². The molecule has 0 bridgehead atoms. The number of benzene rings is 1. The van der Waals surface area contributed by atoms with Gasteiger partial charge in [-0.2, -0.15) is 0 Å². The molecule has 252 valence electrons. The molecule has 3 unspecified atom stereocenters. The SMILES string of the molecule is C=C(CC(C)(C)CCOC(C)(C)C)C(CC(C)(C)C(C)(C)C(CC(C)(C)C)c1ccc(S(=C)(C)=O)cc1)C(C)(C)C.CC. The standard InChI is InChI=1S/C38H68O2S.C2H6/c1-28(25-36(11,12)23-24-40-35(8,9)10)31(34(5,6)7)27-37(13,14)38(15,16)32(26-33(2,3)4)29-19-21-30(22-20-29)41(17,18)39;1-2/h19-22,31-32H,1,17,23-27H2,2-16,18H3;1-2H3. The lowest BCUT2D eigenvalue weighted by Gasteiger charge is -2.52. The third-order valence-corrected chi connectivity index (χ3v) is 10.8. The fourth-order valence-corrected chi connectivity index (χ4v) is 6.87. The van der Waals surface area contributed by atoms with Crippen molar-refractivity contribution in [3.05, 3.63) is 42.0 Å². The summed E-state index contributed by atoms with van der Waals surface area (Å²) in [5, 5.41) is 0. The van der Waals surface area contributed by atoms with E-state index in [1.54, 1.807) is 6.26 Å². The van der Waals surface area contributed by atoms with E-state index < -0.39 is 9.52 Å². The second kappa shape index (κ2) is 15.0. The van der Waals surface area contributed by atoms with Gasteiger partial charge in [0.2, 0.25) is 0 Å². The first-order chi connectivity index (χ1) is 19.0. The minimum absolute atomic E-state index is 0.000265. The van der Waals surface area contributed by atoms with Gasteiger partial charge in [-0.1, -0.05) is 121 Å². The molecule has 0 aromatic heterocycles. The Bertz CT molecular complexity index is 1090. The van der Waals surface area contributed by atoms with Gasteiger partial charge >= 0.3 is 0 Å². The summed E-state index contributed by atoms with van der Waals surface area (Å²) < 4.78 is 18.7. The molecule has 0 saturated carbocycles. The Morgan fingerprint density at radius 3 is 1.65 bits per heavy atom. The summed E-state index contributed by atoms with van der Waals surface area (Å²) in [6.45, 7) is 44.7. The van der Waals surface area contributed by atoms with Gasteiger partial charge < -0.3 is 4.74 Å². The van der Waals surface area contributed by atoms with Crippen LogP contribution in [0.5, 0.6) is 0 Å². The van der Waals surface area contributed by atoms with Gasteiger partial charge in [0.05, 0.1) is 5.60 Å². The summed E-state index contributed by atoms with van der Waals surface area (Å²) in [5.41, 5.74) is 3.04. The highest BCUT2D eigenvalue weighted by Gasteiger charge is 2.47. The molecular formula is C40H74O2S. The zero-order valence-electron chi connectivity index (χ0n) is 32.1. The third-order valence-electron chi connectivity index (χ3n) is 9.49. The Morgan fingerprint density at radius 1 is 0.814 bits per heavy atom. The summed E-state index contributed by atoms with van der Waals surface area (Å²) >= 11 is 0. The minimum Gasteiger partial charge on any atom is -0.376 e. The Morgan fingerprint density at radius 2 is 1.28 bits per heavy atom. The van der Waals surface area contributed by atoms with Crippen molar-refractivity contribution in [3.63, 3.8) is 0 Å². The molecule has 0 N–H and O–H groups in total. The molecule has 3 heteroatoms. The van der Waals surface area contributed by atoms with E-state index in [1.165, 1.54) is 11.1 Å². The highest BCUT2D eigenvalue weighted by atomic mass is 32.2. The third kappa shape index (κ3) is 13.9. The quantitative estimate of drug-likeness (QED) is 0.162. The molecule has 0 aliphatic rings. The molecule has 0 fully saturated rings. The maximum atomic E-state index is 12.6. The maximum Gasteiger partial charge on any atom is 0.0598 e. The van der Waals surface area contributed by atoms with Crippen LogP contribution in [-0.2, 0) is 14.3 Å². The maximum absolute atomic E-state index is 12.6. The van der Waals surface area contributed by atoms with E-state index in [0.29, 0.717) is 11.8 Å². The second-order valence-corrected chi connectivity index (χ2v) is 20.8. The highest BCUT2D eigenvalue weighted by Crippen LogP contribution is 2.57. The normalized spacial score (nSPS) is 16.5. The van der Waals surface area contributed by atoms with Crippen molar-refractivity contribution < 1.29 is 8.95 Å². The van der Waals surface area contributed by atoms with Crippen LogP contribution in [0.2, 0.25) is 0 Å². The van der Waals surface area contributed by atoms with Crippen molar-refractivity contribution in [3.8, 4) is 0 Å².